The first-order chi connectivity index (χ1) is 21.4. The van der Waals surface area contributed by atoms with Crippen LogP contribution in [-0.4, -0.2) is 33.8 Å². The smallest absolute Gasteiger partial charge is 0.340 e. The van der Waals surface area contributed by atoms with Crippen LogP contribution in [0, 0.1) is 24.7 Å². The van der Waals surface area contributed by atoms with Crippen molar-refractivity contribution in [3.05, 3.63) is 80.6 Å². The van der Waals surface area contributed by atoms with Gasteiger partial charge in [0.1, 0.15) is 43.7 Å². The van der Waals surface area contributed by atoms with Gasteiger partial charge in [0.2, 0.25) is 0 Å². The molecule has 6 rings (SSSR count). The molecule has 9 nitrogen and oxygen atoms in total. The molecule has 4 heterocycles. The molecule has 1 atom stereocenters. The van der Waals surface area contributed by atoms with Gasteiger partial charge in [0.15, 0.2) is 6.10 Å². The summed E-state index contributed by atoms with van der Waals surface area (Å²) in [5.74, 6) is 5.86. The summed E-state index contributed by atoms with van der Waals surface area (Å²) in [4.78, 5) is 30.2. The summed E-state index contributed by atoms with van der Waals surface area (Å²) in [6, 6.07) is 12.7. The van der Waals surface area contributed by atoms with Gasteiger partial charge in [-0.3, -0.25) is 4.79 Å². The highest BCUT2D eigenvalue weighted by Gasteiger charge is 2.34. The topological polar surface area (TPSA) is 109 Å². The molecule has 1 unspecified atom stereocenters. The molecule has 0 amide bonds. The fourth-order valence-corrected chi connectivity index (χ4v) is 5.53. The number of esters is 1. The molecule has 0 saturated heterocycles. The maximum atomic E-state index is 13.4. The first-order valence-electron chi connectivity index (χ1n) is 14.4. The van der Waals surface area contributed by atoms with Crippen molar-refractivity contribution in [2.45, 2.75) is 53.1 Å². The molecule has 2 aliphatic heterocycles. The Bertz CT molecular complexity index is 1860. The van der Waals surface area contributed by atoms with E-state index in [2.05, 4.69) is 11.8 Å². The van der Waals surface area contributed by atoms with Crippen molar-refractivity contribution in [2.75, 3.05) is 13.2 Å². The number of fused-ring (bicyclic) bond motifs is 5. The van der Waals surface area contributed by atoms with Gasteiger partial charge in [-0.05, 0) is 48.4 Å². The van der Waals surface area contributed by atoms with Crippen LogP contribution < -0.4 is 19.8 Å². The Hall–Kier alpha value is -5.25. The minimum absolute atomic E-state index is 0.0922. The number of rotatable bonds is 8. The first-order valence-corrected chi connectivity index (χ1v) is 14.4. The summed E-state index contributed by atoms with van der Waals surface area (Å²) in [5, 5.41) is 11.3. The lowest BCUT2D eigenvalue weighted by molar-refractivity contribution is -0.157. The second kappa shape index (κ2) is 12.9. The highest BCUT2D eigenvalue weighted by molar-refractivity contribution is 5.89. The third-order valence-corrected chi connectivity index (χ3v) is 7.49. The van der Waals surface area contributed by atoms with Crippen LogP contribution in [0.5, 0.6) is 17.2 Å². The van der Waals surface area contributed by atoms with Crippen LogP contribution in [0.15, 0.2) is 47.3 Å². The van der Waals surface area contributed by atoms with Gasteiger partial charge in [-0.25, -0.2) is 9.78 Å². The molecule has 0 radical (unpaired) electrons. The SMILES string of the molecule is C#CCOc1cccc(OCC#C)c1COc1ccc2nc3c(c(CC)c2c1)Cn1c-3cc2c(c1=O)COC(=O)C2O.CC. The maximum Gasteiger partial charge on any atom is 0.340 e. The normalized spacial score (nSPS) is 14.1. The van der Waals surface area contributed by atoms with E-state index in [0.717, 1.165) is 22.0 Å². The maximum absolute atomic E-state index is 13.4. The second-order valence-electron chi connectivity index (χ2n) is 9.82. The van der Waals surface area contributed by atoms with Crippen LogP contribution in [-0.2, 0) is 35.7 Å². The average Bonchev–Trinajstić information content (AvgIpc) is 3.42. The number of cyclic esters (lactones) is 1. The predicted octanol–water partition coefficient (Wildman–Crippen LogP) is 4.71. The highest BCUT2D eigenvalue weighted by Crippen LogP contribution is 2.39. The first kappa shape index (κ1) is 30.2. The van der Waals surface area contributed by atoms with E-state index in [9.17, 15) is 14.7 Å². The monoisotopic (exact) mass is 592 g/mol. The van der Waals surface area contributed by atoms with E-state index in [1.807, 2.05) is 39.0 Å². The highest BCUT2D eigenvalue weighted by atomic mass is 16.5. The molecule has 44 heavy (non-hydrogen) atoms. The minimum Gasteiger partial charge on any atom is -0.489 e. The van der Waals surface area contributed by atoms with E-state index in [1.165, 1.54) is 0 Å². The fourth-order valence-electron chi connectivity index (χ4n) is 5.53. The summed E-state index contributed by atoms with van der Waals surface area (Å²) in [7, 11) is 0. The summed E-state index contributed by atoms with van der Waals surface area (Å²) >= 11 is 0. The number of aromatic nitrogens is 2. The van der Waals surface area contributed by atoms with Crippen LogP contribution in [0.3, 0.4) is 0 Å². The molecule has 2 aromatic carbocycles. The molecule has 0 fully saturated rings. The van der Waals surface area contributed by atoms with Crippen molar-refractivity contribution in [2.24, 2.45) is 0 Å². The van der Waals surface area contributed by atoms with Gasteiger partial charge in [0.05, 0.1) is 34.6 Å². The van der Waals surface area contributed by atoms with Gasteiger partial charge < -0.3 is 28.6 Å². The van der Waals surface area contributed by atoms with Crippen molar-refractivity contribution in [1.29, 1.82) is 0 Å². The van der Waals surface area contributed by atoms with E-state index in [0.29, 0.717) is 47.2 Å². The summed E-state index contributed by atoms with van der Waals surface area (Å²) in [6.45, 7) is 6.53. The third-order valence-electron chi connectivity index (χ3n) is 7.49. The Morgan fingerprint density at radius 2 is 1.70 bits per heavy atom. The molecule has 224 valence electrons. The third kappa shape index (κ3) is 5.34. The Morgan fingerprint density at radius 3 is 2.36 bits per heavy atom. The van der Waals surface area contributed by atoms with E-state index in [4.69, 9.17) is 36.8 Å². The quantitative estimate of drug-likeness (QED) is 0.204. The fraction of sp³-hybridized carbons (Fsp3) is 0.286. The Balaban J connectivity index is 0.00000188. The van der Waals surface area contributed by atoms with E-state index in [1.54, 1.807) is 28.8 Å². The standard InChI is InChI=1S/C33H26N2O7.C2H6/c1-4-12-39-28-8-7-9-29(40-13-5-2)25(28)18-41-19-10-11-26-21(14-19)20(6-3)23-16-35-27(30(23)34-26)15-22-24(32(35)37)17-42-33(38)31(22)36;1-2/h1-2,7-11,14-15,31,36H,6,12-13,16-18H2,3H3;1-2H3. The Kier molecular flexibility index (Phi) is 8.89. The minimum atomic E-state index is -1.50. The number of nitrogens with zero attached hydrogens (tertiary/aromatic N) is 2. The van der Waals surface area contributed by atoms with E-state index < -0.39 is 12.1 Å². The number of hydrogen-bond donors (Lipinski definition) is 1. The van der Waals surface area contributed by atoms with Crippen LogP contribution in [0.1, 0.15) is 54.7 Å². The van der Waals surface area contributed by atoms with Gasteiger partial charge >= 0.3 is 5.97 Å². The lowest BCUT2D eigenvalue weighted by Gasteiger charge is -2.21. The van der Waals surface area contributed by atoms with Crippen molar-refractivity contribution in [3.8, 4) is 53.3 Å². The number of pyridine rings is 2. The number of aliphatic hydroxyl groups is 1. The molecule has 1 N–H and O–H groups in total. The number of terminal acetylenes is 2. The molecule has 2 aromatic heterocycles. The van der Waals surface area contributed by atoms with E-state index in [-0.39, 0.29) is 43.1 Å². The van der Waals surface area contributed by atoms with Gasteiger partial charge in [-0.15, -0.1) is 12.8 Å². The van der Waals surface area contributed by atoms with Gasteiger partial charge in [0.25, 0.3) is 5.56 Å². The average molecular weight is 593 g/mol. The number of ether oxygens (including phenoxy) is 4. The zero-order valence-electron chi connectivity index (χ0n) is 24.8. The Labute approximate surface area is 255 Å². The summed E-state index contributed by atoms with van der Waals surface area (Å²) in [6.07, 6.45) is 9.96. The van der Waals surface area contributed by atoms with Crippen LogP contribution >= 0.6 is 0 Å². The van der Waals surface area contributed by atoms with Crippen molar-refractivity contribution >= 4 is 16.9 Å². The van der Waals surface area contributed by atoms with Gasteiger partial charge in [-0.2, -0.15) is 0 Å². The summed E-state index contributed by atoms with van der Waals surface area (Å²) in [5.41, 5.74) is 4.85. The molecule has 0 bridgehead atoms. The molecule has 9 heteroatoms. The van der Waals surface area contributed by atoms with Gasteiger partial charge in [0, 0.05) is 16.5 Å². The molecular formula is C35H32N2O7. The number of benzene rings is 2. The number of aryl methyl sites for hydroxylation is 1. The molecule has 2 aliphatic rings. The zero-order valence-corrected chi connectivity index (χ0v) is 24.8. The van der Waals surface area contributed by atoms with Crippen LogP contribution in [0.25, 0.3) is 22.3 Å². The lowest BCUT2D eigenvalue weighted by atomic mass is 9.97. The molecule has 4 aromatic rings. The van der Waals surface area contributed by atoms with Crippen molar-refractivity contribution in [1.82, 2.24) is 9.55 Å². The summed E-state index contributed by atoms with van der Waals surface area (Å²) < 4.78 is 24.3. The number of hydrogen-bond acceptors (Lipinski definition) is 8. The molecule has 0 spiro atoms. The van der Waals surface area contributed by atoms with E-state index >= 15 is 0 Å². The molecular weight excluding hydrogens is 560 g/mol. The van der Waals surface area contributed by atoms with Crippen molar-refractivity contribution in [3.63, 3.8) is 0 Å². The molecule has 0 aliphatic carbocycles. The number of aliphatic hydroxyl groups excluding tert-OH is 1. The van der Waals surface area contributed by atoms with Crippen LogP contribution in [0.2, 0.25) is 0 Å². The zero-order chi connectivity index (χ0) is 31.4. The lowest BCUT2D eigenvalue weighted by Crippen LogP contribution is -2.32. The Morgan fingerprint density at radius 1 is 1.00 bits per heavy atom. The largest absolute Gasteiger partial charge is 0.489 e. The number of carbonyl (C=O) groups excluding carboxylic acids is 1. The van der Waals surface area contributed by atoms with Crippen molar-refractivity contribution < 1.29 is 28.8 Å². The second-order valence-corrected chi connectivity index (χ2v) is 9.82. The van der Waals surface area contributed by atoms with Gasteiger partial charge in [-0.1, -0.05) is 38.7 Å². The predicted molar refractivity (Wildman–Crippen MR) is 165 cm³/mol. The number of carbonyl (C=O) groups is 1. The molecule has 0 saturated carbocycles. The van der Waals surface area contributed by atoms with Crippen LogP contribution in [0.4, 0.5) is 0 Å².